The Hall–Kier alpha value is -3.95. The highest BCUT2D eigenvalue weighted by Crippen LogP contribution is 2.31. The van der Waals surface area contributed by atoms with Crippen molar-refractivity contribution in [3.8, 4) is 22.9 Å². The van der Waals surface area contributed by atoms with Gasteiger partial charge in [0.25, 0.3) is 5.91 Å². The Morgan fingerprint density at radius 1 is 1.03 bits per heavy atom. The highest BCUT2D eigenvalue weighted by atomic mass is 16.5. The molecule has 3 rings (SSSR count). The lowest BCUT2D eigenvalue weighted by atomic mass is 9.98. The van der Waals surface area contributed by atoms with Gasteiger partial charge in [-0.25, -0.2) is 0 Å². The van der Waals surface area contributed by atoms with Crippen molar-refractivity contribution in [3.63, 3.8) is 0 Å². The lowest BCUT2D eigenvalue weighted by Gasteiger charge is -2.34. The van der Waals surface area contributed by atoms with E-state index in [1.54, 1.807) is 37.3 Å². The Balaban J connectivity index is 1.94. The quantitative estimate of drug-likeness (QED) is 0.428. The molecule has 0 unspecified atom stereocenters. The van der Waals surface area contributed by atoms with E-state index in [1.165, 1.54) is 4.80 Å². The minimum Gasteiger partial charge on any atom is -0.493 e. The van der Waals surface area contributed by atoms with Crippen LogP contribution in [0.25, 0.3) is 11.4 Å². The molecule has 1 heterocycles. The normalized spacial score (nSPS) is 12.2. The first kappa shape index (κ1) is 28.6. The van der Waals surface area contributed by atoms with Gasteiger partial charge in [-0.15, -0.1) is 10.2 Å². The molecule has 1 aromatic heterocycles. The number of methoxy groups -OCH3 is 2. The second-order valence-corrected chi connectivity index (χ2v) is 10.7. The van der Waals surface area contributed by atoms with Gasteiger partial charge in [-0.2, -0.15) is 4.80 Å². The second-order valence-electron chi connectivity index (χ2n) is 10.7. The van der Waals surface area contributed by atoms with Crippen LogP contribution in [0.15, 0.2) is 42.5 Å². The molecule has 0 spiro atoms. The number of hydrogen-bond acceptors (Lipinski definition) is 7. The monoisotopic (exact) mass is 522 g/mol. The fourth-order valence-corrected chi connectivity index (χ4v) is 4.03. The molecule has 1 atom stereocenters. The average Bonchev–Trinajstić information content (AvgIpc) is 3.31. The zero-order valence-corrected chi connectivity index (χ0v) is 23.5. The standard InChI is InChI=1S/C28H38N6O4/c1-18(2)15-22(27(36)29-28(4,5)6)34(21-12-9-19(3)10-13-21)25(35)17-33-31-26(30-32-33)20-11-14-23(37-7)24(16-20)38-8/h9-14,16,18,22H,15,17H2,1-8H3,(H,29,36)/t22-/m0/s1. The highest BCUT2D eigenvalue weighted by molar-refractivity contribution is 6.00. The molecule has 0 saturated heterocycles. The van der Waals surface area contributed by atoms with E-state index in [1.807, 2.05) is 65.8 Å². The summed E-state index contributed by atoms with van der Waals surface area (Å²) in [7, 11) is 3.11. The first-order valence-corrected chi connectivity index (χ1v) is 12.6. The molecule has 38 heavy (non-hydrogen) atoms. The Labute approximate surface area is 224 Å². The number of aryl methyl sites for hydroxylation is 1. The number of hydrogen-bond donors (Lipinski definition) is 1. The van der Waals surface area contributed by atoms with Crippen molar-refractivity contribution in [3.05, 3.63) is 48.0 Å². The van der Waals surface area contributed by atoms with E-state index < -0.39 is 11.6 Å². The molecule has 0 fully saturated rings. The summed E-state index contributed by atoms with van der Waals surface area (Å²) in [6, 6.07) is 12.1. The van der Waals surface area contributed by atoms with Crippen LogP contribution in [0.3, 0.4) is 0 Å². The van der Waals surface area contributed by atoms with Gasteiger partial charge in [0.05, 0.1) is 14.2 Å². The van der Waals surface area contributed by atoms with E-state index in [2.05, 4.69) is 20.7 Å². The fraction of sp³-hybridized carbons (Fsp3) is 0.464. The predicted molar refractivity (Wildman–Crippen MR) is 146 cm³/mol. The number of ether oxygens (including phenoxy) is 2. The van der Waals surface area contributed by atoms with Crippen LogP contribution in [0.1, 0.15) is 46.6 Å². The second kappa shape index (κ2) is 12.1. The molecule has 0 aliphatic carbocycles. The minimum atomic E-state index is -0.710. The van der Waals surface area contributed by atoms with Crippen molar-refractivity contribution >= 4 is 17.5 Å². The van der Waals surface area contributed by atoms with Gasteiger partial charge in [-0.05, 0) is 75.6 Å². The van der Waals surface area contributed by atoms with Gasteiger partial charge in [-0.3, -0.25) is 14.5 Å². The molecule has 10 heteroatoms. The van der Waals surface area contributed by atoms with Crippen LogP contribution in [-0.4, -0.2) is 57.8 Å². The molecule has 0 aliphatic rings. The molecule has 204 valence electrons. The number of carbonyl (C=O) groups is 2. The SMILES string of the molecule is COc1ccc(-c2nnn(CC(=O)N(c3ccc(C)cc3)[C@@H](CC(C)C)C(=O)NC(C)(C)C)n2)cc1OC. The van der Waals surface area contributed by atoms with E-state index >= 15 is 0 Å². The minimum absolute atomic E-state index is 0.174. The zero-order valence-electron chi connectivity index (χ0n) is 23.5. The Morgan fingerprint density at radius 2 is 1.68 bits per heavy atom. The summed E-state index contributed by atoms with van der Waals surface area (Å²) in [6.45, 7) is 11.6. The Kier molecular flexibility index (Phi) is 9.08. The van der Waals surface area contributed by atoms with Crippen LogP contribution in [0.4, 0.5) is 5.69 Å². The molecule has 3 aromatic rings. The molecule has 0 bridgehead atoms. The number of benzene rings is 2. The Bertz CT molecular complexity index is 1250. The summed E-state index contributed by atoms with van der Waals surface area (Å²) in [5.41, 5.74) is 1.91. The summed E-state index contributed by atoms with van der Waals surface area (Å²) in [5.74, 6) is 1.09. The van der Waals surface area contributed by atoms with Crippen LogP contribution in [-0.2, 0) is 16.1 Å². The highest BCUT2D eigenvalue weighted by Gasteiger charge is 2.34. The predicted octanol–water partition coefficient (Wildman–Crippen LogP) is 4.03. The van der Waals surface area contributed by atoms with Crippen LogP contribution >= 0.6 is 0 Å². The molecule has 10 nitrogen and oxygen atoms in total. The maximum Gasteiger partial charge on any atom is 0.251 e. The maximum atomic E-state index is 13.8. The number of nitrogens with zero attached hydrogens (tertiary/aromatic N) is 5. The molecule has 0 radical (unpaired) electrons. The summed E-state index contributed by atoms with van der Waals surface area (Å²) < 4.78 is 10.7. The third-order valence-corrected chi connectivity index (χ3v) is 5.76. The van der Waals surface area contributed by atoms with Crippen molar-refractivity contribution < 1.29 is 19.1 Å². The summed E-state index contributed by atoms with van der Waals surface area (Å²) in [5, 5.41) is 15.7. The average molecular weight is 523 g/mol. The number of anilines is 1. The zero-order chi connectivity index (χ0) is 28.0. The molecule has 0 aliphatic heterocycles. The number of tetrazole rings is 1. The van der Waals surface area contributed by atoms with Gasteiger partial charge >= 0.3 is 0 Å². The van der Waals surface area contributed by atoms with Gasteiger partial charge in [0, 0.05) is 16.8 Å². The van der Waals surface area contributed by atoms with Gasteiger partial charge < -0.3 is 14.8 Å². The van der Waals surface area contributed by atoms with Crippen molar-refractivity contribution in [1.82, 2.24) is 25.5 Å². The fourth-order valence-electron chi connectivity index (χ4n) is 4.03. The third kappa shape index (κ3) is 7.30. The lowest BCUT2D eigenvalue weighted by molar-refractivity contribution is -0.128. The first-order chi connectivity index (χ1) is 17.9. The third-order valence-electron chi connectivity index (χ3n) is 5.76. The molecule has 1 N–H and O–H groups in total. The summed E-state index contributed by atoms with van der Waals surface area (Å²) >= 11 is 0. The van der Waals surface area contributed by atoms with Crippen molar-refractivity contribution in [2.75, 3.05) is 19.1 Å². The van der Waals surface area contributed by atoms with E-state index in [4.69, 9.17) is 9.47 Å². The number of carbonyl (C=O) groups excluding carboxylic acids is 2. The van der Waals surface area contributed by atoms with Crippen LogP contribution < -0.4 is 19.7 Å². The molecular formula is C28H38N6O4. The van der Waals surface area contributed by atoms with Crippen LogP contribution in [0.2, 0.25) is 0 Å². The summed E-state index contributed by atoms with van der Waals surface area (Å²) in [4.78, 5) is 30.1. The van der Waals surface area contributed by atoms with Crippen molar-refractivity contribution in [1.29, 1.82) is 0 Å². The number of rotatable bonds is 10. The van der Waals surface area contributed by atoms with Gasteiger partial charge in [0.2, 0.25) is 11.7 Å². The van der Waals surface area contributed by atoms with Crippen molar-refractivity contribution in [2.45, 2.75) is 66.1 Å². The molecule has 2 amide bonds. The maximum absolute atomic E-state index is 13.8. The molecule has 0 saturated carbocycles. The Morgan fingerprint density at radius 3 is 2.26 bits per heavy atom. The van der Waals surface area contributed by atoms with Gasteiger partial charge in [-0.1, -0.05) is 31.5 Å². The first-order valence-electron chi connectivity index (χ1n) is 12.6. The largest absolute Gasteiger partial charge is 0.493 e. The summed E-state index contributed by atoms with van der Waals surface area (Å²) in [6.07, 6.45) is 0.489. The molecular weight excluding hydrogens is 484 g/mol. The van der Waals surface area contributed by atoms with E-state index in [0.29, 0.717) is 35.0 Å². The van der Waals surface area contributed by atoms with Gasteiger partial charge in [0.1, 0.15) is 12.6 Å². The topological polar surface area (TPSA) is 111 Å². The van der Waals surface area contributed by atoms with Gasteiger partial charge in [0.15, 0.2) is 11.5 Å². The van der Waals surface area contributed by atoms with E-state index in [0.717, 1.165) is 5.56 Å². The lowest BCUT2D eigenvalue weighted by Crippen LogP contribution is -2.55. The van der Waals surface area contributed by atoms with E-state index in [9.17, 15) is 9.59 Å². The van der Waals surface area contributed by atoms with Crippen LogP contribution in [0.5, 0.6) is 11.5 Å². The van der Waals surface area contributed by atoms with E-state index in [-0.39, 0.29) is 24.3 Å². The van der Waals surface area contributed by atoms with Crippen molar-refractivity contribution in [2.24, 2.45) is 5.92 Å². The molecule has 2 aromatic carbocycles. The number of nitrogens with one attached hydrogen (secondary N) is 1. The van der Waals surface area contributed by atoms with Crippen LogP contribution in [0, 0.1) is 12.8 Å². The number of amides is 2. The number of aromatic nitrogens is 4. The smallest absolute Gasteiger partial charge is 0.251 e.